The first-order chi connectivity index (χ1) is 9.53. The Morgan fingerprint density at radius 2 is 2.15 bits per heavy atom. The molecule has 0 bridgehead atoms. The van der Waals surface area contributed by atoms with E-state index in [1.165, 1.54) is 12.8 Å². The molecule has 1 atom stereocenters. The minimum atomic E-state index is -0.0619. The highest BCUT2D eigenvalue weighted by Crippen LogP contribution is 2.23. The van der Waals surface area contributed by atoms with Gasteiger partial charge in [0.1, 0.15) is 12.7 Å². The van der Waals surface area contributed by atoms with Gasteiger partial charge in [-0.15, -0.1) is 5.92 Å². The normalized spacial score (nSPS) is 19.4. The Labute approximate surface area is 123 Å². The summed E-state index contributed by atoms with van der Waals surface area (Å²) in [6, 6.07) is 0. The molecular formula is C17H29NO2. The molecule has 0 aromatic carbocycles. The van der Waals surface area contributed by atoms with Gasteiger partial charge < -0.3 is 10.1 Å². The van der Waals surface area contributed by atoms with E-state index in [0.29, 0.717) is 5.41 Å². The number of nitrogens with one attached hydrogen (secondary N) is 1. The third kappa shape index (κ3) is 7.55. The molecule has 1 N–H and O–H groups in total. The molecule has 1 unspecified atom stereocenters. The minimum Gasteiger partial charge on any atom is -0.356 e. The van der Waals surface area contributed by atoms with Gasteiger partial charge in [-0.3, -0.25) is 4.79 Å². The van der Waals surface area contributed by atoms with Crippen LogP contribution in [0.15, 0.2) is 0 Å². The number of hydrogen-bond donors (Lipinski definition) is 1. The van der Waals surface area contributed by atoms with Gasteiger partial charge in [0.05, 0.1) is 0 Å². The van der Waals surface area contributed by atoms with Crippen LogP contribution in [-0.2, 0) is 9.53 Å². The maximum absolute atomic E-state index is 11.7. The number of amides is 1. The lowest BCUT2D eigenvalue weighted by atomic mass is 9.87. The second-order valence-corrected chi connectivity index (χ2v) is 6.34. The molecule has 3 nitrogen and oxygen atoms in total. The molecule has 1 amide bonds. The van der Waals surface area contributed by atoms with Crippen LogP contribution >= 0.6 is 0 Å². The van der Waals surface area contributed by atoms with Crippen molar-refractivity contribution in [3.63, 3.8) is 0 Å². The Balaban J connectivity index is 2.19. The Hall–Kier alpha value is -1.01. The fourth-order valence-corrected chi connectivity index (χ4v) is 2.05. The maximum Gasteiger partial charge on any atom is 0.246 e. The Morgan fingerprint density at radius 1 is 1.35 bits per heavy atom. The van der Waals surface area contributed by atoms with E-state index < -0.39 is 0 Å². The third-order valence-electron chi connectivity index (χ3n) is 4.03. The number of rotatable bonds is 7. The summed E-state index contributed by atoms with van der Waals surface area (Å²) in [4.78, 5) is 11.7. The van der Waals surface area contributed by atoms with Gasteiger partial charge >= 0.3 is 0 Å². The smallest absolute Gasteiger partial charge is 0.246 e. The molecule has 0 aromatic heterocycles. The predicted octanol–water partition coefficient (Wildman–Crippen LogP) is 3.28. The van der Waals surface area contributed by atoms with E-state index in [9.17, 15) is 4.79 Å². The molecule has 0 spiro atoms. The van der Waals surface area contributed by atoms with Crippen molar-refractivity contribution in [3.05, 3.63) is 0 Å². The van der Waals surface area contributed by atoms with Gasteiger partial charge in [-0.2, -0.15) is 0 Å². The molecule has 0 saturated heterocycles. The van der Waals surface area contributed by atoms with E-state index in [1.54, 1.807) is 0 Å². The average molecular weight is 279 g/mol. The molecule has 1 aliphatic carbocycles. The van der Waals surface area contributed by atoms with Crippen LogP contribution in [0.2, 0.25) is 0 Å². The fraction of sp³-hybridized carbons (Fsp3) is 0.824. The maximum atomic E-state index is 11.7. The summed E-state index contributed by atoms with van der Waals surface area (Å²) < 4.78 is 5.60. The van der Waals surface area contributed by atoms with E-state index in [2.05, 4.69) is 37.9 Å². The molecule has 0 fully saturated rings. The van der Waals surface area contributed by atoms with Gasteiger partial charge in [0.25, 0.3) is 0 Å². The van der Waals surface area contributed by atoms with E-state index in [1.807, 2.05) is 0 Å². The number of carbonyl (C=O) groups excluding carboxylic acids is 1. The zero-order valence-corrected chi connectivity index (χ0v) is 13.3. The standard InChI is InChI=1S/C17H29NO2/c1-4-17(2,3)12-13-18-16(19)14-20-15-10-8-6-5-7-9-11-15/h15H,4-8,10,12-14H2,1-3H3,(H,18,19). The summed E-state index contributed by atoms with van der Waals surface area (Å²) in [5, 5.41) is 2.93. The summed E-state index contributed by atoms with van der Waals surface area (Å²) >= 11 is 0. The van der Waals surface area contributed by atoms with Crippen molar-refractivity contribution in [1.82, 2.24) is 5.32 Å². The average Bonchev–Trinajstić information content (AvgIpc) is 2.37. The predicted molar refractivity (Wildman–Crippen MR) is 82.3 cm³/mol. The van der Waals surface area contributed by atoms with Crippen molar-refractivity contribution >= 4 is 5.91 Å². The highest BCUT2D eigenvalue weighted by Gasteiger charge is 2.15. The van der Waals surface area contributed by atoms with Crippen LogP contribution in [0.5, 0.6) is 0 Å². The molecule has 1 rings (SSSR count). The molecule has 0 saturated carbocycles. The Bertz CT molecular complexity index is 352. The molecule has 0 heterocycles. The summed E-state index contributed by atoms with van der Waals surface area (Å²) in [5.74, 6) is 6.21. The summed E-state index contributed by atoms with van der Waals surface area (Å²) in [5.41, 5.74) is 0.291. The number of ether oxygens (including phenoxy) is 1. The van der Waals surface area contributed by atoms with Crippen LogP contribution in [0.4, 0.5) is 0 Å². The highest BCUT2D eigenvalue weighted by molar-refractivity contribution is 5.77. The number of carbonyl (C=O) groups is 1. The second-order valence-electron chi connectivity index (χ2n) is 6.34. The molecule has 1 aliphatic rings. The Kier molecular flexibility index (Phi) is 7.69. The van der Waals surface area contributed by atoms with Crippen molar-refractivity contribution in [3.8, 4) is 11.8 Å². The summed E-state index contributed by atoms with van der Waals surface area (Å²) in [6.45, 7) is 7.48. The van der Waals surface area contributed by atoms with E-state index in [0.717, 1.165) is 38.6 Å². The molecule has 114 valence electrons. The van der Waals surface area contributed by atoms with Crippen molar-refractivity contribution in [2.24, 2.45) is 5.41 Å². The van der Waals surface area contributed by atoms with Crippen LogP contribution in [0.25, 0.3) is 0 Å². The first-order valence-electron chi connectivity index (χ1n) is 7.90. The van der Waals surface area contributed by atoms with Gasteiger partial charge in [0, 0.05) is 13.0 Å². The van der Waals surface area contributed by atoms with Gasteiger partial charge in [-0.05, 0) is 31.1 Å². The molecule has 3 heteroatoms. The lowest BCUT2D eigenvalue weighted by Crippen LogP contribution is -2.32. The van der Waals surface area contributed by atoms with Crippen molar-refractivity contribution in [1.29, 1.82) is 0 Å². The van der Waals surface area contributed by atoms with Gasteiger partial charge in [-0.1, -0.05) is 39.5 Å². The molecule has 0 aromatic rings. The topological polar surface area (TPSA) is 38.3 Å². The van der Waals surface area contributed by atoms with E-state index >= 15 is 0 Å². The third-order valence-corrected chi connectivity index (χ3v) is 4.03. The Morgan fingerprint density at radius 3 is 2.90 bits per heavy atom. The zero-order chi connectivity index (χ0) is 14.8. The van der Waals surface area contributed by atoms with Gasteiger partial charge in [0.15, 0.2) is 0 Å². The van der Waals surface area contributed by atoms with Crippen LogP contribution in [0, 0.1) is 17.3 Å². The van der Waals surface area contributed by atoms with Crippen molar-refractivity contribution in [2.75, 3.05) is 13.2 Å². The van der Waals surface area contributed by atoms with E-state index in [-0.39, 0.29) is 18.6 Å². The largest absolute Gasteiger partial charge is 0.356 e. The van der Waals surface area contributed by atoms with Crippen molar-refractivity contribution in [2.45, 2.75) is 71.8 Å². The van der Waals surface area contributed by atoms with Crippen molar-refractivity contribution < 1.29 is 9.53 Å². The minimum absolute atomic E-state index is 0.0271. The van der Waals surface area contributed by atoms with Gasteiger partial charge in [0.2, 0.25) is 5.91 Å². The molecule has 0 aliphatic heterocycles. The molecular weight excluding hydrogens is 250 g/mol. The second kappa shape index (κ2) is 9.02. The van der Waals surface area contributed by atoms with E-state index in [4.69, 9.17) is 4.74 Å². The highest BCUT2D eigenvalue weighted by atomic mass is 16.5. The fourth-order valence-electron chi connectivity index (χ4n) is 2.05. The lowest BCUT2D eigenvalue weighted by Gasteiger charge is -2.22. The van der Waals surface area contributed by atoms with Gasteiger partial charge in [-0.25, -0.2) is 0 Å². The van der Waals surface area contributed by atoms with Crippen LogP contribution in [0.1, 0.15) is 65.7 Å². The first kappa shape index (κ1) is 17.0. The molecule has 20 heavy (non-hydrogen) atoms. The number of hydrogen-bond acceptors (Lipinski definition) is 2. The van der Waals surface area contributed by atoms with Crippen LogP contribution in [0.3, 0.4) is 0 Å². The van der Waals surface area contributed by atoms with Crippen LogP contribution < -0.4 is 5.32 Å². The lowest BCUT2D eigenvalue weighted by molar-refractivity contribution is -0.126. The first-order valence-corrected chi connectivity index (χ1v) is 7.90. The quantitative estimate of drug-likeness (QED) is 0.726. The molecule has 0 radical (unpaired) electrons. The summed E-state index contributed by atoms with van der Waals surface area (Å²) in [7, 11) is 0. The summed E-state index contributed by atoms with van der Waals surface area (Å²) in [6.07, 6.45) is 7.51. The SMILES string of the molecule is CCC(C)(C)CCNC(=O)COC1C#CCCCCC1. The monoisotopic (exact) mass is 279 g/mol. The van der Waals surface area contributed by atoms with Crippen LogP contribution in [-0.4, -0.2) is 25.2 Å². The zero-order valence-electron chi connectivity index (χ0n) is 13.3.